The molecule has 0 N–H and O–H groups in total. The van der Waals surface area contributed by atoms with Crippen LogP contribution in [-0.2, 0) is 7.05 Å². The maximum absolute atomic E-state index is 4.62. The Kier molecular flexibility index (Phi) is 4.30. The van der Waals surface area contributed by atoms with E-state index in [-0.39, 0.29) is 0 Å². The summed E-state index contributed by atoms with van der Waals surface area (Å²) in [5.74, 6) is 1.65. The molecule has 0 aliphatic heterocycles. The van der Waals surface area contributed by atoms with Crippen molar-refractivity contribution in [2.24, 2.45) is 7.05 Å². The first-order valence-electron chi connectivity index (χ1n) is 9.42. The Morgan fingerprint density at radius 2 is 1.59 bits per heavy atom. The summed E-state index contributed by atoms with van der Waals surface area (Å²) < 4.78 is 4.03. The van der Waals surface area contributed by atoms with E-state index in [4.69, 9.17) is 0 Å². The Morgan fingerprint density at radius 1 is 0.889 bits per heavy atom. The Hall–Kier alpha value is -2.95. The molecule has 0 atom stereocenters. The lowest BCUT2D eigenvalue weighted by atomic mass is 9.92. The molecule has 27 heavy (non-hydrogen) atoms. The summed E-state index contributed by atoms with van der Waals surface area (Å²) in [7, 11) is 2.01. The lowest BCUT2D eigenvalue weighted by Gasteiger charge is -2.20. The van der Waals surface area contributed by atoms with Gasteiger partial charge >= 0.3 is 0 Å². The van der Waals surface area contributed by atoms with Crippen LogP contribution in [0.5, 0.6) is 0 Å². The van der Waals surface area contributed by atoms with Gasteiger partial charge in [-0.3, -0.25) is 0 Å². The van der Waals surface area contributed by atoms with E-state index >= 15 is 0 Å². The van der Waals surface area contributed by atoms with E-state index in [1.165, 1.54) is 11.1 Å². The molecule has 5 nitrogen and oxygen atoms in total. The van der Waals surface area contributed by atoms with Gasteiger partial charge in [-0.2, -0.15) is 5.10 Å². The Bertz CT molecular complexity index is 1070. The molecular weight excluding hydrogens is 334 g/mol. The van der Waals surface area contributed by atoms with Gasteiger partial charge in [-0.25, -0.2) is 14.6 Å². The summed E-state index contributed by atoms with van der Waals surface area (Å²) in [4.78, 5) is 9.02. The van der Waals surface area contributed by atoms with Crippen LogP contribution in [0.15, 0.2) is 49.1 Å². The van der Waals surface area contributed by atoms with Gasteiger partial charge in [0.05, 0.1) is 23.0 Å². The average Bonchev–Trinajstić information content (AvgIpc) is 3.27. The van der Waals surface area contributed by atoms with Crippen molar-refractivity contribution >= 4 is 11.0 Å². The molecule has 0 unspecified atom stereocenters. The third-order valence-corrected chi connectivity index (χ3v) is 5.09. The second-order valence-corrected chi connectivity index (χ2v) is 7.65. The molecule has 0 saturated heterocycles. The number of imidazole rings is 1. The number of rotatable bonds is 4. The molecule has 0 aliphatic carbocycles. The highest BCUT2D eigenvalue weighted by Crippen LogP contribution is 2.33. The van der Waals surface area contributed by atoms with Crippen LogP contribution in [0.3, 0.4) is 0 Å². The smallest absolute Gasteiger partial charge is 0.163 e. The molecule has 0 fully saturated rings. The van der Waals surface area contributed by atoms with E-state index in [0.717, 1.165) is 28.1 Å². The van der Waals surface area contributed by atoms with Gasteiger partial charge < -0.3 is 4.57 Å². The molecule has 0 aliphatic rings. The molecule has 4 rings (SSSR count). The van der Waals surface area contributed by atoms with Gasteiger partial charge in [0.2, 0.25) is 0 Å². The quantitative estimate of drug-likeness (QED) is 0.511. The van der Waals surface area contributed by atoms with Crippen LogP contribution < -0.4 is 0 Å². The third-order valence-electron chi connectivity index (χ3n) is 5.09. The lowest BCUT2D eigenvalue weighted by Crippen LogP contribution is -2.09. The first-order valence-corrected chi connectivity index (χ1v) is 9.42. The normalized spacial score (nSPS) is 11.8. The van der Waals surface area contributed by atoms with Gasteiger partial charge in [0.15, 0.2) is 5.82 Å². The van der Waals surface area contributed by atoms with E-state index in [1.807, 2.05) is 28.7 Å². The fourth-order valence-electron chi connectivity index (χ4n) is 3.62. The van der Waals surface area contributed by atoms with Crippen LogP contribution in [-0.4, -0.2) is 24.3 Å². The number of para-hydroxylation sites is 1. The Morgan fingerprint density at radius 3 is 2.26 bits per heavy atom. The topological polar surface area (TPSA) is 48.5 Å². The largest absolute Gasteiger partial charge is 0.334 e. The van der Waals surface area contributed by atoms with E-state index in [1.54, 1.807) is 6.33 Å². The standard InChI is InChI=1S/C22H25N5/c1-14(2)17-7-6-8-18(15(3)4)21(17)27-22(23-12-25-27)16-9-10-19-20(11-16)26(5)13-24-19/h6-15H,1-5H3. The molecule has 5 heteroatoms. The maximum Gasteiger partial charge on any atom is 0.163 e. The van der Waals surface area contributed by atoms with E-state index < -0.39 is 0 Å². The van der Waals surface area contributed by atoms with Crippen molar-refractivity contribution in [3.8, 4) is 17.1 Å². The minimum Gasteiger partial charge on any atom is -0.334 e. The van der Waals surface area contributed by atoms with Crippen LogP contribution in [0.4, 0.5) is 0 Å². The molecule has 0 radical (unpaired) electrons. The second kappa shape index (κ2) is 6.65. The highest BCUT2D eigenvalue weighted by atomic mass is 15.3. The van der Waals surface area contributed by atoms with E-state index in [0.29, 0.717) is 11.8 Å². The molecule has 0 amide bonds. The van der Waals surface area contributed by atoms with Gasteiger partial charge in [-0.05, 0) is 41.2 Å². The predicted molar refractivity (Wildman–Crippen MR) is 109 cm³/mol. The molecule has 0 saturated carbocycles. The summed E-state index contributed by atoms with van der Waals surface area (Å²) in [5, 5.41) is 4.62. The minimum atomic E-state index is 0.398. The van der Waals surface area contributed by atoms with Crippen molar-refractivity contribution in [1.29, 1.82) is 0 Å². The number of aryl methyl sites for hydroxylation is 1. The molecule has 0 spiro atoms. The zero-order valence-electron chi connectivity index (χ0n) is 16.5. The highest BCUT2D eigenvalue weighted by molar-refractivity contribution is 5.81. The summed E-state index contributed by atoms with van der Waals surface area (Å²) in [5.41, 5.74) is 6.84. The highest BCUT2D eigenvalue weighted by Gasteiger charge is 2.20. The Labute approximate surface area is 159 Å². The minimum absolute atomic E-state index is 0.398. The molecule has 0 bridgehead atoms. The van der Waals surface area contributed by atoms with Crippen LogP contribution >= 0.6 is 0 Å². The lowest BCUT2D eigenvalue weighted by molar-refractivity contribution is 0.773. The van der Waals surface area contributed by atoms with Gasteiger partial charge in [0.1, 0.15) is 6.33 Å². The van der Waals surface area contributed by atoms with Gasteiger partial charge in [-0.15, -0.1) is 0 Å². The first-order chi connectivity index (χ1) is 13.0. The van der Waals surface area contributed by atoms with Gasteiger partial charge in [0, 0.05) is 12.6 Å². The number of benzene rings is 2. The zero-order chi connectivity index (χ0) is 19.1. The molecule has 4 aromatic rings. The third kappa shape index (κ3) is 2.93. The van der Waals surface area contributed by atoms with Gasteiger partial charge in [0.25, 0.3) is 0 Å². The summed E-state index contributed by atoms with van der Waals surface area (Å²) >= 11 is 0. The molecular formula is C22H25N5. The molecule has 2 aromatic heterocycles. The van der Waals surface area contributed by atoms with Crippen molar-refractivity contribution in [2.75, 3.05) is 0 Å². The van der Waals surface area contributed by atoms with Crippen LogP contribution in [0.25, 0.3) is 28.1 Å². The number of nitrogens with zero attached hydrogens (tertiary/aromatic N) is 5. The first kappa shape index (κ1) is 17.5. The van der Waals surface area contributed by atoms with Crippen LogP contribution in [0.2, 0.25) is 0 Å². The SMILES string of the molecule is CC(C)c1cccc(C(C)C)c1-n1ncnc1-c1ccc2ncn(C)c2c1. The van der Waals surface area contributed by atoms with E-state index in [2.05, 4.69) is 73.1 Å². The van der Waals surface area contributed by atoms with Crippen molar-refractivity contribution in [1.82, 2.24) is 24.3 Å². The second-order valence-electron chi connectivity index (χ2n) is 7.65. The van der Waals surface area contributed by atoms with Crippen molar-refractivity contribution in [3.05, 3.63) is 60.2 Å². The predicted octanol–water partition coefficient (Wildman–Crippen LogP) is 5.07. The zero-order valence-corrected chi connectivity index (χ0v) is 16.5. The average molecular weight is 359 g/mol. The number of hydrogen-bond acceptors (Lipinski definition) is 3. The molecule has 138 valence electrons. The molecule has 2 heterocycles. The van der Waals surface area contributed by atoms with E-state index in [9.17, 15) is 0 Å². The van der Waals surface area contributed by atoms with Crippen LogP contribution in [0.1, 0.15) is 50.7 Å². The number of fused-ring (bicyclic) bond motifs is 1. The van der Waals surface area contributed by atoms with Crippen molar-refractivity contribution < 1.29 is 0 Å². The number of hydrogen-bond donors (Lipinski definition) is 0. The summed E-state index contributed by atoms with van der Waals surface area (Å²) in [6.07, 6.45) is 3.48. The van der Waals surface area contributed by atoms with Gasteiger partial charge in [-0.1, -0.05) is 45.9 Å². The van der Waals surface area contributed by atoms with Crippen LogP contribution in [0, 0.1) is 0 Å². The van der Waals surface area contributed by atoms with Crippen molar-refractivity contribution in [2.45, 2.75) is 39.5 Å². The van der Waals surface area contributed by atoms with Crippen molar-refractivity contribution in [3.63, 3.8) is 0 Å². The summed E-state index contributed by atoms with van der Waals surface area (Å²) in [6, 6.07) is 12.8. The Balaban J connectivity index is 1.95. The fraction of sp³-hybridized carbons (Fsp3) is 0.318. The maximum atomic E-state index is 4.62. The number of aromatic nitrogens is 5. The fourth-order valence-corrected chi connectivity index (χ4v) is 3.62. The monoisotopic (exact) mass is 359 g/mol. The summed E-state index contributed by atoms with van der Waals surface area (Å²) in [6.45, 7) is 8.89. The molecule has 2 aromatic carbocycles.